The molecule has 0 unspecified atom stereocenters. The number of hydrogen-bond acceptors (Lipinski definition) is 0. The molecule has 0 nitrogen and oxygen atoms in total. The van der Waals surface area contributed by atoms with Crippen molar-refractivity contribution in [2.45, 2.75) is 38.5 Å². The minimum Gasteiger partial charge on any atom is -0.0958 e. The van der Waals surface area contributed by atoms with Crippen LogP contribution in [0.1, 0.15) is 38.5 Å². The van der Waals surface area contributed by atoms with Crippen LogP contribution >= 0.6 is 0 Å². The van der Waals surface area contributed by atoms with E-state index in [0.29, 0.717) is 0 Å². The van der Waals surface area contributed by atoms with E-state index in [-0.39, 0.29) is 0 Å². The number of rotatable bonds is 0. The van der Waals surface area contributed by atoms with Crippen LogP contribution in [-0.2, 0) is 0 Å². The molecule has 0 saturated heterocycles. The van der Waals surface area contributed by atoms with Crippen molar-refractivity contribution in [3.63, 3.8) is 0 Å². The third kappa shape index (κ3) is 4.17. The molecule has 0 aromatic rings. The van der Waals surface area contributed by atoms with Crippen molar-refractivity contribution in [3.05, 3.63) is 36.5 Å². The van der Waals surface area contributed by atoms with Gasteiger partial charge in [0, 0.05) is 0 Å². The molecule has 0 heterocycles. The Bertz CT molecular complexity index is 184. The van der Waals surface area contributed by atoms with E-state index >= 15 is 0 Å². The van der Waals surface area contributed by atoms with Gasteiger partial charge in [-0.2, -0.15) is 0 Å². The molecule has 0 amide bonds. The van der Waals surface area contributed by atoms with Gasteiger partial charge in [-0.1, -0.05) is 36.5 Å². The zero-order chi connectivity index (χ0) is 8.65. The first-order valence-electron chi connectivity index (χ1n) is 4.89. The Balaban J connectivity index is 2.39. The highest BCUT2D eigenvalue weighted by molar-refractivity contribution is 5.14. The lowest BCUT2D eigenvalue weighted by Gasteiger charge is -1.94. The normalized spacial score (nSPS) is 25.8. The van der Waals surface area contributed by atoms with Gasteiger partial charge < -0.3 is 0 Å². The van der Waals surface area contributed by atoms with Gasteiger partial charge >= 0.3 is 0 Å². The van der Waals surface area contributed by atoms with Gasteiger partial charge in [0.2, 0.25) is 0 Å². The lowest BCUT2D eigenvalue weighted by Crippen LogP contribution is -1.74. The molecule has 0 N–H and O–H groups in total. The second-order valence-corrected chi connectivity index (χ2v) is 3.36. The first kappa shape index (κ1) is 9.31. The second kappa shape index (κ2) is 5.82. The molecular weight excluding hydrogens is 144 g/mol. The molecule has 1 aliphatic rings. The first-order valence-corrected chi connectivity index (χ1v) is 4.89. The van der Waals surface area contributed by atoms with Gasteiger partial charge in [-0.25, -0.2) is 0 Å². The minimum absolute atomic E-state index is 1.12. The van der Waals surface area contributed by atoms with Crippen LogP contribution in [0.15, 0.2) is 36.5 Å². The Hall–Kier alpha value is -0.780. The van der Waals surface area contributed by atoms with E-state index in [4.69, 9.17) is 0 Å². The van der Waals surface area contributed by atoms with Crippen LogP contribution < -0.4 is 0 Å². The van der Waals surface area contributed by atoms with Gasteiger partial charge in [0.05, 0.1) is 0 Å². The Labute approximate surface area is 75.7 Å². The Morgan fingerprint density at radius 3 is 2.42 bits per heavy atom. The lowest BCUT2D eigenvalue weighted by molar-refractivity contribution is 0.761. The molecule has 1 rings (SSSR count). The van der Waals surface area contributed by atoms with Gasteiger partial charge in [-0.3, -0.25) is 0 Å². The highest BCUT2D eigenvalue weighted by atomic mass is 14.0. The van der Waals surface area contributed by atoms with Crippen LogP contribution in [-0.4, -0.2) is 0 Å². The van der Waals surface area contributed by atoms with Crippen LogP contribution in [0.3, 0.4) is 0 Å². The quantitative estimate of drug-likeness (QED) is 0.472. The summed E-state index contributed by atoms with van der Waals surface area (Å²) in [6, 6.07) is 0. The second-order valence-electron chi connectivity index (χ2n) is 3.36. The Morgan fingerprint density at radius 2 is 1.58 bits per heavy atom. The average Bonchev–Trinajstić information content (AvgIpc) is 2.11. The molecule has 0 radical (unpaired) electrons. The molecule has 0 aromatic carbocycles. The van der Waals surface area contributed by atoms with Gasteiger partial charge in [-0.05, 0) is 38.5 Å². The summed E-state index contributed by atoms with van der Waals surface area (Å²) in [5.74, 6) is 0. The molecule has 0 bridgehead atoms. The van der Waals surface area contributed by atoms with E-state index in [1.54, 1.807) is 0 Å². The summed E-state index contributed by atoms with van der Waals surface area (Å²) < 4.78 is 0. The molecule has 0 atom stereocenters. The van der Waals surface area contributed by atoms with E-state index in [1.165, 1.54) is 31.3 Å². The van der Waals surface area contributed by atoms with Crippen LogP contribution in [0.4, 0.5) is 0 Å². The maximum absolute atomic E-state index is 4.00. The highest BCUT2D eigenvalue weighted by Crippen LogP contribution is 2.10. The van der Waals surface area contributed by atoms with Gasteiger partial charge in [0.1, 0.15) is 0 Å². The van der Waals surface area contributed by atoms with Crippen molar-refractivity contribution >= 4 is 0 Å². The van der Waals surface area contributed by atoms with Crippen molar-refractivity contribution in [3.8, 4) is 0 Å². The van der Waals surface area contributed by atoms with Crippen molar-refractivity contribution in [1.82, 2.24) is 0 Å². The smallest absolute Gasteiger partial charge is 0.0250 e. The van der Waals surface area contributed by atoms with Crippen LogP contribution in [0, 0.1) is 0 Å². The zero-order valence-electron chi connectivity index (χ0n) is 7.76. The van der Waals surface area contributed by atoms with Crippen molar-refractivity contribution < 1.29 is 0 Å². The zero-order valence-corrected chi connectivity index (χ0v) is 7.76. The fraction of sp³-hybridized carbons (Fsp3) is 0.500. The summed E-state index contributed by atoms with van der Waals surface area (Å²) in [4.78, 5) is 0. The minimum atomic E-state index is 1.12. The Morgan fingerprint density at radius 1 is 0.917 bits per heavy atom. The third-order valence-electron chi connectivity index (χ3n) is 2.14. The van der Waals surface area contributed by atoms with Crippen LogP contribution in [0.5, 0.6) is 0 Å². The summed E-state index contributed by atoms with van der Waals surface area (Å²) in [7, 11) is 0. The fourth-order valence-corrected chi connectivity index (χ4v) is 1.36. The average molecular weight is 162 g/mol. The summed E-state index contributed by atoms with van der Waals surface area (Å²) >= 11 is 0. The van der Waals surface area contributed by atoms with Crippen molar-refractivity contribution in [2.75, 3.05) is 0 Å². The van der Waals surface area contributed by atoms with Crippen molar-refractivity contribution in [1.29, 1.82) is 0 Å². The van der Waals surface area contributed by atoms with Crippen LogP contribution in [0.25, 0.3) is 0 Å². The summed E-state index contributed by atoms with van der Waals surface area (Å²) in [6.45, 7) is 4.00. The topological polar surface area (TPSA) is 0 Å². The van der Waals surface area contributed by atoms with Gasteiger partial charge in [-0.15, -0.1) is 0 Å². The van der Waals surface area contributed by atoms with Gasteiger partial charge in [0.25, 0.3) is 0 Å². The van der Waals surface area contributed by atoms with Crippen molar-refractivity contribution in [2.24, 2.45) is 0 Å². The predicted octanol–water partition coefficient (Wildman–Crippen LogP) is 4.01. The molecule has 0 heteroatoms. The summed E-state index contributed by atoms with van der Waals surface area (Å²) in [5, 5.41) is 0. The highest BCUT2D eigenvalue weighted by Gasteiger charge is 1.90. The number of allylic oxidation sites excluding steroid dienone is 5. The molecule has 0 aliphatic heterocycles. The molecule has 66 valence electrons. The first-order chi connectivity index (χ1) is 5.89. The molecule has 1 aliphatic carbocycles. The largest absolute Gasteiger partial charge is 0.0958 e. The van der Waals surface area contributed by atoms with E-state index in [9.17, 15) is 0 Å². The standard InChI is InChI=1S/C12H18/c1-12-10-8-6-4-2-3-5-7-9-11-12/h4,6,9,11H,1-3,5,7-8,10H2/b6-4+,11-9+. The molecule has 12 heavy (non-hydrogen) atoms. The third-order valence-corrected chi connectivity index (χ3v) is 2.14. The lowest BCUT2D eigenvalue weighted by atomic mass is 10.1. The van der Waals surface area contributed by atoms with Crippen LogP contribution in [0.2, 0.25) is 0 Å². The molecule has 0 spiro atoms. The monoisotopic (exact) mass is 162 g/mol. The molecule has 0 aromatic heterocycles. The molecule has 0 saturated carbocycles. The maximum Gasteiger partial charge on any atom is -0.0250 e. The van der Waals surface area contributed by atoms with E-state index in [1.807, 2.05) is 0 Å². The van der Waals surface area contributed by atoms with Gasteiger partial charge in [0.15, 0.2) is 0 Å². The fourth-order valence-electron chi connectivity index (χ4n) is 1.36. The van der Waals surface area contributed by atoms with E-state index in [0.717, 1.165) is 12.8 Å². The summed E-state index contributed by atoms with van der Waals surface area (Å²) in [5.41, 5.74) is 1.27. The molecule has 0 fully saturated rings. The summed E-state index contributed by atoms with van der Waals surface area (Å²) in [6.07, 6.45) is 16.4. The van der Waals surface area contributed by atoms with E-state index in [2.05, 4.69) is 30.9 Å². The maximum atomic E-state index is 4.00. The number of hydrogen-bond donors (Lipinski definition) is 0. The SMILES string of the molecule is C=C1/C=C/CCCC/C=C/CC1. The van der Waals surface area contributed by atoms with E-state index < -0.39 is 0 Å². The molecular formula is C12H18. The Kier molecular flexibility index (Phi) is 4.51. The predicted molar refractivity (Wildman–Crippen MR) is 55.1 cm³/mol.